The van der Waals surface area contributed by atoms with E-state index in [1.165, 1.54) is 11.9 Å². The van der Waals surface area contributed by atoms with E-state index in [2.05, 4.69) is 10.1 Å². The van der Waals surface area contributed by atoms with Gasteiger partial charge < -0.3 is 9.63 Å². The maximum absolute atomic E-state index is 12.2. The first-order valence-corrected chi connectivity index (χ1v) is 6.07. The van der Waals surface area contributed by atoms with Gasteiger partial charge in [-0.1, -0.05) is 18.5 Å². The Labute approximate surface area is 109 Å². The van der Waals surface area contributed by atoms with E-state index >= 15 is 0 Å². The van der Waals surface area contributed by atoms with E-state index < -0.39 is 18.8 Å². The molecule has 0 aromatic carbocycles. The number of likely N-dealkylation sites (N-methyl/N-ethyl adjacent to an activating group) is 1. The average molecular weight is 281 g/mol. The highest BCUT2D eigenvalue weighted by atomic mass is 19.4. The second kappa shape index (κ2) is 6.85. The zero-order valence-corrected chi connectivity index (χ0v) is 10.9. The normalized spacial score (nSPS) is 14.1. The van der Waals surface area contributed by atoms with Gasteiger partial charge in [-0.3, -0.25) is 4.90 Å². The van der Waals surface area contributed by atoms with Gasteiger partial charge in [-0.15, -0.1) is 0 Å². The van der Waals surface area contributed by atoms with Crippen molar-refractivity contribution in [1.82, 2.24) is 15.0 Å². The summed E-state index contributed by atoms with van der Waals surface area (Å²) in [5.74, 6) is 0.810. The highest BCUT2D eigenvalue weighted by Gasteiger charge is 2.38. The summed E-state index contributed by atoms with van der Waals surface area (Å²) in [6.45, 7) is 1.58. The second-order valence-corrected chi connectivity index (χ2v) is 4.46. The minimum absolute atomic E-state index is 0.0757. The van der Waals surface area contributed by atoms with Crippen LogP contribution in [-0.4, -0.2) is 46.0 Å². The number of nitrogens with zero attached hydrogens (tertiary/aromatic N) is 3. The van der Waals surface area contributed by atoms with Crippen molar-refractivity contribution in [2.24, 2.45) is 0 Å². The van der Waals surface area contributed by atoms with Crippen LogP contribution in [0.1, 0.15) is 31.5 Å². The predicted molar refractivity (Wildman–Crippen MR) is 61.3 cm³/mol. The first-order chi connectivity index (χ1) is 8.82. The lowest BCUT2D eigenvalue weighted by atomic mass is 10.2. The smallest absolute Gasteiger partial charge is 0.382 e. The summed E-state index contributed by atoms with van der Waals surface area (Å²) in [5.41, 5.74) is 0. The van der Waals surface area contributed by atoms with Crippen molar-refractivity contribution in [1.29, 1.82) is 0 Å². The van der Waals surface area contributed by atoms with Crippen LogP contribution in [-0.2, 0) is 13.0 Å². The lowest BCUT2D eigenvalue weighted by Crippen LogP contribution is -2.39. The van der Waals surface area contributed by atoms with E-state index in [-0.39, 0.29) is 12.4 Å². The third kappa shape index (κ3) is 5.56. The van der Waals surface area contributed by atoms with Gasteiger partial charge in [0.25, 0.3) is 0 Å². The topological polar surface area (TPSA) is 62.4 Å². The van der Waals surface area contributed by atoms with Crippen LogP contribution in [0.25, 0.3) is 0 Å². The molecule has 0 radical (unpaired) electrons. The molecule has 0 saturated carbocycles. The maximum atomic E-state index is 12.2. The number of aryl methyl sites for hydroxylation is 1. The van der Waals surface area contributed by atoms with Crippen LogP contribution in [0.15, 0.2) is 4.52 Å². The minimum atomic E-state index is -4.62. The molecule has 0 aliphatic carbocycles. The fraction of sp³-hybridized carbons (Fsp3) is 0.818. The van der Waals surface area contributed by atoms with Gasteiger partial charge in [-0.25, -0.2) is 0 Å². The molecule has 1 heterocycles. The highest BCUT2D eigenvalue weighted by molar-refractivity contribution is 4.86. The van der Waals surface area contributed by atoms with Crippen molar-refractivity contribution < 1.29 is 22.8 Å². The second-order valence-electron chi connectivity index (χ2n) is 4.46. The molecule has 1 aromatic heterocycles. The van der Waals surface area contributed by atoms with Crippen molar-refractivity contribution in [3.05, 3.63) is 11.7 Å². The third-order valence-electron chi connectivity index (χ3n) is 2.53. The van der Waals surface area contributed by atoms with Crippen molar-refractivity contribution in [2.45, 2.75) is 45.0 Å². The molecule has 0 aliphatic heterocycles. The molecule has 0 saturated heterocycles. The van der Waals surface area contributed by atoms with Crippen LogP contribution >= 0.6 is 0 Å². The molecule has 0 fully saturated rings. The van der Waals surface area contributed by atoms with Crippen molar-refractivity contribution >= 4 is 0 Å². The van der Waals surface area contributed by atoms with E-state index in [1.807, 2.05) is 6.92 Å². The fourth-order valence-electron chi connectivity index (χ4n) is 1.48. The summed E-state index contributed by atoms with van der Waals surface area (Å²) in [7, 11) is 1.45. The molecule has 5 nitrogen and oxygen atoms in total. The van der Waals surface area contributed by atoms with Gasteiger partial charge in [0, 0.05) is 13.0 Å². The summed E-state index contributed by atoms with van der Waals surface area (Å²) in [6, 6.07) is 0. The monoisotopic (exact) mass is 281 g/mol. The molecule has 0 bridgehead atoms. The molecule has 0 spiro atoms. The lowest BCUT2D eigenvalue weighted by Gasteiger charge is -2.20. The van der Waals surface area contributed by atoms with E-state index in [0.29, 0.717) is 12.2 Å². The molecule has 19 heavy (non-hydrogen) atoms. The zero-order valence-electron chi connectivity index (χ0n) is 10.9. The van der Waals surface area contributed by atoms with Gasteiger partial charge in [0.1, 0.15) is 0 Å². The number of aliphatic hydroxyl groups excluding tert-OH is 1. The molecule has 0 amide bonds. The number of hydrogen-bond acceptors (Lipinski definition) is 5. The molecule has 1 rings (SSSR count). The molecular weight excluding hydrogens is 263 g/mol. The Morgan fingerprint density at radius 1 is 1.42 bits per heavy atom. The van der Waals surface area contributed by atoms with E-state index in [1.54, 1.807) is 0 Å². The van der Waals surface area contributed by atoms with E-state index in [0.717, 1.165) is 12.8 Å². The molecule has 0 aliphatic rings. The van der Waals surface area contributed by atoms with Crippen LogP contribution in [0.2, 0.25) is 0 Å². The standard InChI is InChI=1S/C11H18F3N3O2/c1-3-4-5-9-15-10(19-16-9)7-17(2)6-8(18)11(12,13)14/h8,18H,3-7H2,1-2H3. The third-order valence-corrected chi connectivity index (χ3v) is 2.53. The number of unbranched alkanes of at least 4 members (excludes halogenated alkanes) is 1. The number of aliphatic hydroxyl groups is 1. The molecule has 1 aromatic rings. The quantitative estimate of drug-likeness (QED) is 0.825. The molecular formula is C11H18F3N3O2. The van der Waals surface area contributed by atoms with Gasteiger partial charge in [0.2, 0.25) is 5.89 Å². The largest absolute Gasteiger partial charge is 0.415 e. The van der Waals surface area contributed by atoms with E-state index in [4.69, 9.17) is 9.63 Å². The highest BCUT2D eigenvalue weighted by Crippen LogP contribution is 2.20. The summed E-state index contributed by atoms with van der Waals surface area (Å²) in [4.78, 5) is 5.36. The summed E-state index contributed by atoms with van der Waals surface area (Å²) in [6.07, 6.45) is -4.37. The number of aromatic nitrogens is 2. The zero-order chi connectivity index (χ0) is 14.5. The van der Waals surface area contributed by atoms with Crippen LogP contribution < -0.4 is 0 Å². The lowest BCUT2D eigenvalue weighted by molar-refractivity contribution is -0.207. The number of rotatable bonds is 7. The van der Waals surface area contributed by atoms with Gasteiger partial charge in [0.15, 0.2) is 11.9 Å². The van der Waals surface area contributed by atoms with Crippen LogP contribution in [0.4, 0.5) is 13.2 Å². The maximum Gasteiger partial charge on any atom is 0.415 e. The Bertz CT molecular complexity index is 382. The van der Waals surface area contributed by atoms with Gasteiger partial charge in [-0.05, 0) is 13.5 Å². The number of hydrogen-bond donors (Lipinski definition) is 1. The SMILES string of the molecule is CCCCc1noc(CN(C)CC(O)C(F)(F)F)n1. The Kier molecular flexibility index (Phi) is 5.74. The van der Waals surface area contributed by atoms with Gasteiger partial charge in [-0.2, -0.15) is 18.2 Å². The molecule has 1 atom stereocenters. The predicted octanol–water partition coefficient (Wildman–Crippen LogP) is 1.77. The van der Waals surface area contributed by atoms with Crippen molar-refractivity contribution in [3.8, 4) is 0 Å². The van der Waals surface area contributed by atoms with Crippen molar-refractivity contribution in [3.63, 3.8) is 0 Å². The Morgan fingerprint density at radius 3 is 2.68 bits per heavy atom. The van der Waals surface area contributed by atoms with Crippen LogP contribution in [0, 0.1) is 0 Å². The number of halogens is 3. The van der Waals surface area contributed by atoms with Gasteiger partial charge in [0.05, 0.1) is 6.54 Å². The van der Waals surface area contributed by atoms with Crippen LogP contribution in [0.3, 0.4) is 0 Å². The average Bonchev–Trinajstić information content (AvgIpc) is 2.72. The Hall–Kier alpha value is -1.15. The van der Waals surface area contributed by atoms with E-state index in [9.17, 15) is 13.2 Å². The summed E-state index contributed by atoms with van der Waals surface area (Å²) < 4.78 is 41.4. The first kappa shape index (κ1) is 15.9. The molecule has 1 N–H and O–H groups in total. The van der Waals surface area contributed by atoms with Gasteiger partial charge >= 0.3 is 6.18 Å². The van der Waals surface area contributed by atoms with Crippen LogP contribution in [0.5, 0.6) is 0 Å². The Balaban J connectivity index is 2.44. The fourth-order valence-corrected chi connectivity index (χ4v) is 1.48. The molecule has 110 valence electrons. The summed E-state index contributed by atoms with van der Waals surface area (Å²) >= 11 is 0. The molecule has 1 unspecified atom stereocenters. The summed E-state index contributed by atoms with van der Waals surface area (Å²) in [5, 5.41) is 12.7. The number of alkyl halides is 3. The Morgan fingerprint density at radius 2 is 2.11 bits per heavy atom. The molecule has 8 heteroatoms. The van der Waals surface area contributed by atoms with Crippen molar-refractivity contribution in [2.75, 3.05) is 13.6 Å². The first-order valence-electron chi connectivity index (χ1n) is 6.07. The minimum Gasteiger partial charge on any atom is -0.382 e.